The fraction of sp³-hybridized carbons (Fsp3) is 0.679. The quantitative estimate of drug-likeness (QED) is 0.574. The molecule has 5 rings (SSSR count). The summed E-state index contributed by atoms with van der Waals surface area (Å²) in [5, 5.41) is 19.8. The van der Waals surface area contributed by atoms with E-state index in [1.807, 2.05) is 33.8 Å². The van der Waals surface area contributed by atoms with Crippen LogP contribution in [0, 0.1) is 0 Å². The van der Waals surface area contributed by atoms with Crippen molar-refractivity contribution >= 4 is 22.8 Å². The summed E-state index contributed by atoms with van der Waals surface area (Å²) in [6.45, 7) is 8.43. The van der Waals surface area contributed by atoms with Crippen molar-refractivity contribution in [1.82, 2.24) is 34.7 Å². The Hall–Kier alpha value is -2.69. The second-order valence-corrected chi connectivity index (χ2v) is 11.7. The molecule has 3 atom stereocenters. The number of carbonyl (C=O) groups is 2. The fourth-order valence-corrected chi connectivity index (χ4v) is 6.60. The van der Waals surface area contributed by atoms with E-state index in [2.05, 4.69) is 34.1 Å². The van der Waals surface area contributed by atoms with E-state index in [1.165, 1.54) is 0 Å². The van der Waals surface area contributed by atoms with Crippen LogP contribution in [0.4, 0.5) is 4.79 Å². The number of nitrogens with one attached hydrogen (secondary N) is 1. The van der Waals surface area contributed by atoms with Gasteiger partial charge >= 0.3 is 6.03 Å². The number of hydrogen-bond donors (Lipinski definition) is 2. The number of piperazine rings is 1. The van der Waals surface area contributed by atoms with Gasteiger partial charge in [-0.3, -0.25) is 19.3 Å². The van der Waals surface area contributed by atoms with Gasteiger partial charge in [0.2, 0.25) is 0 Å². The topological polar surface area (TPSA) is 97.2 Å². The van der Waals surface area contributed by atoms with Gasteiger partial charge in [0.25, 0.3) is 5.91 Å². The van der Waals surface area contributed by atoms with Crippen molar-refractivity contribution in [2.75, 3.05) is 53.4 Å². The zero-order chi connectivity index (χ0) is 27.0. The number of hydrogen-bond acceptors (Lipinski definition) is 6. The van der Waals surface area contributed by atoms with Crippen molar-refractivity contribution < 1.29 is 14.7 Å². The Labute approximate surface area is 225 Å². The first-order valence-corrected chi connectivity index (χ1v) is 14.1. The first kappa shape index (κ1) is 26.9. The van der Waals surface area contributed by atoms with Gasteiger partial charge in [-0.05, 0) is 45.6 Å². The van der Waals surface area contributed by atoms with Crippen LogP contribution in [0.15, 0.2) is 24.3 Å². The summed E-state index contributed by atoms with van der Waals surface area (Å²) in [6, 6.07) is 9.06. The van der Waals surface area contributed by atoms with Gasteiger partial charge in [-0.15, -0.1) is 0 Å². The lowest BCUT2D eigenvalue weighted by atomic mass is 9.96. The van der Waals surface area contributed by atoms with Crippen LogP contribution in [0.3, 0.4) is 0 Å². The van der Waals surface area contributed by atoms with Crippen LogP contribution in [0.5, 0.6) is 0 Å². The largest absolute Gasteiger partial charge is 0.390 e. The Bertz CT molecular complexity index is 1130. The van der Waals surface area contributed by atoms with Crippen LogP contribution >= 0.6 is 0 Å². The molecule has 0 radical (unpaired) electrons. The van der Waals surface area contributed by atoms with Gasteiger partial charge in [-0.25, -0.2) is 4.79 Å². The number of rotatable bonds is 7. The predicted octanol–water partition coefficient (Wildman–Crippen LogP) is 2.00. The van der Waals surface area contributed by atoms with Gasteiger partial charge in [0.15, 0.2) is 5.69 Å². The number of benzene rings is 1. The summed E-state index contributed by atoms with van der Waals surface area (Å²) in [6.07, 6.45) is 3.61. The van der Waals surface area contributed by atoms with E-state index in [0.717, 1.165) is 49.7 Å². The molecule has 10 nitrogen and oxygen atoms in total. The average Bonchev–Trinajstić information content (AvgIpc) is 3.38. The molecule has 3 amide bonds. The number of fused-ring (bicyclic) bond motifs is 3. The van der Waals surface area contributed by atoms with Gasteiger partial charge in [-0.1, -0.05) is 18.2 Å². The molecule has 10 heteroatoms. The van der Waals surface area contributed by atoms with Crippen molar-refractivity contribution in [1.29, 1.82) is 0 Å². The minimum absolute atomic E-state index is 0.0539. The van der Waals surface area contributed by atoms with Gasteiger partial charge in [0.05, 0.1) is 11.6 Å². The predicted molar refractivity (Wildman–Crippen MR) is 147 cm³/mol. The average molecular weight is 526 g/mol. The van der Waals surface area contributed by atoms with E-state index in [-0.39, 0.29) is 24.0 Å². The Morgan fingerprint density at radius 2 is 1.71 bits per heavy atom. The van der Waals surface area contributed by atoms with E-state index in [4.69, 9.17) is 0 Å². The molecule has 0 spiro atoms. The summed E-state index contributed by atoms with van der Waals surface area (Å²) < 4.78 is 1.93. The molecule has 1 aromatic carbocycles. The highest BCUT2D eigenvalue weighted by Crippen LogP contribution is 2.36. The third kappa shape index (κ3) is 5.53. The first-order valence-electron chi connectivity index (χ1n) is 14.1. The summed E-state index contributed by atoms with van der Waals surface area (Å²) in [5.41, 5.74) is 1.49. The third-order valence-electron chi connectivity index (χ3n) is 8.45. The van der Waals surface area contributed by atoms with Crippen LogP contribution in [0.1, 0.15) is 56.1 Å². The Morgan fingerprint density at radius 1 is 1.05 bits per heavy atom. The molecule has 2 aromatic rings. The minimum Gasteiger partial charge on any atom is -0.390 e. The highest BCUT2D eigenvalue weighted by atomic mass is 16.3. The number of aliphatic hydroxyl groups is 1. The Morgan fingerprint density at radius 3 is 2.34 bits per heavy atom. The fourth-order valence-electron chi connectivity index (χ4n) is 6.60. The molecule has 4 heterocycles. The lowest BCUT2D eigenvalue weighted by molar-refractivity contribution is 0.0244. The molecule has 1 aromatic heterocycles. The number of carbonyl (C=O) groups excluding carboxylic acids is 2. The highest BCUT2D eigenvalue weighted by molar-refractivity contribution is 6.05. The molecular weight excluding hydrogens is 482 g/mol. The number of nitrogens with zero attached hydrogens (tertiary/aromatic N) is 6. The Balaban J connectivity index is 1.13. The number of piperidine rings is 1. The van der Waals surface area contributed by atoms with Crippen LogP contribution in [0.2, 0.25) is 0 Å². The van der Waals surface area contributed by atoms with E-state index < -0.39 is 6.10 Å². The number of amides is 3. The number of aliphatic hydroxyl groups excluding tert-OH is 1. The van der Waals surface area contributed by atoms with Crippen molar-refractivity contribution in [2.24, 2.45) is 0 Å². The van der Waals surface area contributed by atoms with Crippen molar-refractivity contribution in [3.8, 4) is 0 Å². The lowest BCUT2D eigenvalue weighted by Crippen LogP contribution is -2.55. The molecule has 3 fully saturated rings. The normalized spacial score (nSPS) is 25.2. The number of β-amino-alcohol motifs (C(OH)–C–C–N with tert-alkyl or cyclic N) is 1. The molecule has 0 aliphatic carbocycles. The van der Waals surface area contributed by atoms with E-state index >= 15 is 0 Å². The summed E-state index contributed by atoms with van der Waals surface area (Å²) in [4.78, 5) is 33.7. The number of para-hydroxylation sites is 1. The van der Waals surface area contributed by atoms with E-state index in [9.17, 15) is 14.7 Å². The zero-order valence-corrected chi connectivity index (χ0v) is 23.2. The van der Waals surface area contributed by atoms with Crippen molar-refractivity contribution in [2.45, 2.75) is 69.8 Å². The maximum absolute atomic E-state index is 13.3. The smallest absolute Gasteiger partial charge is 0.319 e. The molecule has 2 bridgehead atoms. The molecule has 0 saturated carbocycles. The van der Waals surface area contributed by atoms with Gasteiger partial charge in [-0.2, -0.15) is 5.10 Å². The third-order valence-corrected chi connectivity index (χ3v) is 8.45. The number of urea groups is 1. The minimum atomic E-state index is -0.424. The van der Waals surface area contributed by atoms with Crippen LogP contribution in [-0.4, -0.2) is 124 Å². The molecule has 3 aliphatic heterocycles. The monoisotopic (exact) mass is 525 g/mol. The lowest BCUT2D eigenvalue weighted by Gasteiger charge is -2.41. The maximum atomic E-state index is 13.3. The van der Waals surface area contributed by atoms with Crippen molar-refractivity contribution in [3.05, 3.63) is 30.0 Å². The summed E-state index contributed by atoms with van der Waals surface area (Å²) in [5.74, 6) is -0.0922. The highest BCUT2D eigenvalue weighted by Gasteiger charge is 2.42. The first-order chi connectivity index (χ1) is 18.2. The summed E-state index contributed by atoms with van der Waals surface area (Å²) >= 11 is 0. The molecule has 1 unspecified atom stereocenters. The second kappa shape index (κ2) is 11.2. The Kier molecular flexibility index (Phi) is 7.93. The standard InChI is InChI=1S/C28H43N7O3/c1-19(2)35-25-8-6-5-7-24(25)26(30-35)27(37)29-20-15-21-9-10-22(16-20)34(21)18-23(36)17-32-11-13-33(14-12-32)28(38)31(3)4/h5-8,19-23,36H,9-18H2,1-4H3,(H,29,37)/t21-,22-,23?/m0/s1. The van der Waals surface area contributed by atoms with Crippen LogP contribution in [0.25, 0.3) is 10.9 Å². The van der Waals surface area contributed by atoms with Crippen LogP contribution in [-0.2, 0) is 0 Å². The van der Waals surface area contributed by atoms with E-state index in [1.54, 1.807) is 19.0 Å². The van der Waals surface area contributed by atoms with Crippen molar-refractivity contribution in [3.63, 3.8) is 0 Å². The van der Waals surface area contributed by atoms with E-state index in [0.29, 0.717) is 44.0 Å². The molecule has 208 valence electrons. The van der Waals surface area contributed by atoms with Crippen LogP contribution < -0.4 is 5.32 Å². The molecular formula is C28H43N7O3. The van der Waals surface area contributed by atoms with Gasteiger partial charge in [0.1, 0.15) is 0 Å². The number of aromatic nitrogens is 2. The SMILES string of the molecule is CC(C)n1nc(C(=O)NC2C[C@@H]3CC[C@@H](C2)N3CC(O)CN2CCN(C(=O)N(C)C)CC2)c2ccccc21. The zero-order valence-electron chi connectivity index (χ0n) is 23.2. The molecule has 38 heavy (non-hydrogen) atoms. The second-order valence-electron chi connectivity index (χ2n) is 11.7. The molecule has 2 N–H and O–H groups in total. The van der Waals surface area contributed by atoms with Gasteiger partial charge < -0.3 is 20.2 Å². The summed E-state index contributed by atoms with van der Waals surface area (Å²) in [7, 11) is 3.56. The van der Waals surface area contributed by atoms with Gasteiger partial charge in [0, 0.05) is 82.9 Å². The molecule has 3 aliphatic rings. The maximum Gasteiger partial charge on any atom is 0.319 e. The molecule has 3 saturated heterocycles.